The van der Waals surface area contributed by atoms with Crippen LogP contribution >= 0.6 is 50.7 Å². The molecule has 0 heterocycles. The summed E-state index contributed by atoms with van der Waals surface area (Å²) in [7, 11) is 0.690. The molecule has 0 aromatic carbocycles. The number of rotatable bonds is 2. The molecule has 0 aromatic heterocycles. The molecule has 0 aromatic rings. The molecule has 0 nitrogen and oxygen atoms in total. The molecule has 8 heavy (non-hydrogen) atoms. The van der Waals surface area contributed by atoms with Crippen molar-refractivity contribution in [2.75, 3.05) is 5.33 Å². The van der Waals surface area contributed by atoms with Crippen LogP contribution in [-0.2, 0) is 0 Å². The van der Waals surface area contributed by atoms with Gasteiger partial charge in [-0.2, -0.15) is 0 Å². The van der Waals surface area contributed by atoms with Gasteiger partial charge in [-0.25, -0.2) is 0 Å². The van der Waals surface area contributed by atoms with E-state index in [1.807, 2.05) is 0 Å². The van der Waals surface area contributed by atoms with E-state index in [2.05, 4.69) is 15.9 Å². The van der Waals surface area contributed by atoms with Gasteiger partial charge in [0.05, 0.1) is 15.6 Å². The zero-order chi connectivity index (χ0) is 6.78. The third-order valence-electron chi connectivity index (χ3n) is 0.685. The summed E-state index contributed by atoms with van der Waals surface area (Å²) in [5, 5.41) is 0.475. The molecule has 5 heteroatoms. The van der Waals surface area contributed by atoms with Gasteiger partial charge in [-0.3, -0.25) is 0 Å². The highest BCUT2D eigenvalue weighted by atomic mass is 79.9. The third-order valence-corrected chi connectivity index (χ3v) is 4.11. The van der Waals surface area contributed by atoms with Gasteiger partial charge in [-0.1, -0.05) is 15.9 Å². The monoisotopic (exact) mass is 254 g/mol. The Morgan fingerprint density at radius 2 is 2.00 bits per heavy atom. The maximum Gasteiger partial charge on any atom is 0.114 e. The van der Waals surface area contributed by atoms with E-state index in [4.69, 9.17) is 34.8 Å². The van der Waals surface area contributed by atoms with Gasteiger partial charge in [0, 0.05) is 5.33 Å². The smallest absolute Gasteiger partial charge is 0.114 e. The van der Waals surface area contributed by atoms with Gasteiger partial charge in [0.25, 0.3) is 0 Å². The highest BCUT2D eigenvalue weighted by Crippen LogP contribution is 2.26. The Labute approximate surface area is 75.4 Å². The van der Waals surface area contributed by atoms with Crippen molar-refractivity contribution in [2.24, 2.45) is 0 Å². The fourth-order valence-electron chi connectivity index (χ4n) is 0.135. The van der Waals surface area contributed by atoms with Crippen molar-refractivity contribution in [1.82, 2.24) is 0 Å². The van der Waals surface area contributed by atoms with Crippen molar-refractivity contribution >= 4 is 61.0 Å². The van der Waals surface area contributed by atoms with E-state index >= 15 is 0 Å². The van der Waals surface area contributed by atoms with E-state index in [1.165, 1.54) is 0 Å². The first-order chi connectivity index (χ1) is 3.48. The summed E-state index contributed by atoms with van der Waals surface area (Å²) in [5.74, 6) is 0. The largest absolute Gasteiger partial charge is 0.119 e. The quantitative estimate of drug-likeness (QED) is 0.519. The van der Waals surface area contributed by atoms with Gasteiger partial charge in [0.15, 0.2) is 0 Å². The van der Waals surface area contributed by atoms with E-state index in [1.54, 1.807) is 0 Å². The number of halogens is 4. The molecule has 1 unspecified atom stereocenters. The number of hydrogen-bond acceptors (Lipinski definition) is 0. The highest BCUT2D eigenvalue weighted by Gasteiger charge is 2.25. The molecule has 0 aliphatic rings. The first kappa shape index (κ1) is 9.57. The molecule has 0 N–H and O–H groups in total. The third kappa shape index (κ3) is 3.57. The van der Waals surface area contributed by atoms with Crippen molar-refractivity contribution in [3.8, 4) is 0 Å². The predicted molar refractivity (Wildman–Crippen MR) is 47.8 cm³/mol. The Bertz CT molecular complexity index is 71.4. The van der Waals surface area contributed by atoms with Gasteiger partial charge >= 0.3 is 0 Å². The number of hydrogen-bond donors (Lipinski definition) is 0. The van der Waals surface area contributed by atoms with Crippen molar-refractivity contribution in [1.29, 1.82) is 0 Å². The molecule has 0 aliphatic carbocycles. The minimum atomic E-state index is -0.689. The second-order valence-corrected chi connectivity index (χ2v) is 7.36. The van der Waals surface area contributed by atoms with Crippen LogP contribution in [0, 0.1) is 0 Å². The highest BCUT2D eigenvalue weighted by molar-refractivity contribution is 9.09. The fourth-order valence-corrected chi connectivity index (χ4v) is 2.11. The molecular weight excluding hydrogens is 250 g/mol. The van der Waals surface area contributed by atoms with Crippen molar-refractivity contribution in [3.63, 3.8) is 0 Å². The lowest BCUT2D eigenvalue weighted by Crippen LogP contribution is -2.27. The molecule has 0 spiro atoms. The van der Waals surface area contributed by atoms with Crippen LogP contribution in [0.25, 0.3) is 0 Å². The standard InChI is InChI=1S/C3H6BrCl3Si/c4-1-2(5)3(6,7)8/h2H,1H2,8H3. The Morgan fingerprint density at radius 3 is 2.00 bits per heavy atom. The van der Waals surface area contributed by atoms with Crippen molar-refractivity contribution < 1.29 is 0 Å². The first-order valence-corrected chi connectivity index (χ1v) is 5.37. The van der Waals surface area contributed by atoms with Crippen LogP contribution in [0.5, 0.6) is 0 Å². The molecule has 0 amide bonds. The van der Waals surface area contributed by atoms with Crippen LogP contribution in [0.2, 0.25) is 0 Å². The summed E-state index contributed by atoms with van der Waals surface area (Å²) < 4.78 is -0.689. The summed E-state index contributed by atoms with van der Waals surface area (Å²) in [6.07, 6.45) is 0. The Balaban J connectivity index is 3.62. The average molecular weight is 256 g/mol. The van der Waals surface area contributed by atoms with E-state index in [9.17, 15) is 0 Å². The fraction of sp³-hybridized carbons (Fsp3) is 1.00. The van der Waals surface area contributed by atoms with Gasteiger partial charge in [0.1, 0.15) is 3.96 Å². The van der Waals surface area contributed by atoms with Crippen molar-refractivity contribution in [2.45, 2.75) is 9.33 Å². The van der Waals surface area contributed by atoms with Gasteiger partial charge < -0.3 is 0 Å². The van der Waals surface area contributed by atoms with Crippen LogP contribution in [-0.4, -0.2) is 24.9 Å². The predicted octanol–water partition coefficient (Wildman–Crippen LogP) is 1.49. The van der Waals surface area contributed by atoms with Crippen LogP contribution in [0.1, 0.15) is 0 Å². The molecule has 0 saturated carbocycles. The molecule has 0 saturated heterocycles. The maximum atomic E-state index is 5.67. The van der Waals surface area contributed by atoms with E-state index in [0.717, 1.165) is 0 Å². The summed E-state index contributed by atoms with van der Waals surface area (Å²) in [5.41, 5.74) is 0. The summed E-state index contributed by atoms with van der Waals surface area (Å²) in [6, 6.07) is 0. The molecular formula is C3H6BrCl3Si. The second-order valence-electron chi connectivity index (χ2n) is 1.58. The topological polar surface area (TPSA) is 0 Å². The minimum Gasteiger partial charge on any atom is -0.119 e. The molecule has 0 radical (unpaired) electrons. The van der Waals surface area contributed by atoms with E-state index < -0.39 is 3.96 Å². The summed E-state index contributed by atoms with van der Waals surface area (Å²) in [4.78, 5) is 0. The summed E-state index contributed by atoms with van der Waals surface area (Å²) >= 11 is 20.1. The SMILES string of the molecule is [SiH3]C(Cl)(Cl)C(Cl)CBr. The van der Waals surface area contributed by atoms with Crippen LogP contribution in [0.15, 0.2) is 0 Å². The zero-order valence-corrected chi connectivity index (χ0v) is 10.2. The molecule has 50 valence electrons. The van der Waals surface area contributed by atoms with Gasteiger partial charge in [-0.15, -0.1) is 34.8 Å². The van der Waals surface area contributed by atoms with Crippen molar-refractivity contribution in [3.05, 3.63) is 0 Å². The van der Waals surface area contributed by atoms with Gasteiger partial charge in [0.2, 0.25) is 0 Å². The molecule has 0 rings (SSSR count). The lowest BCUT2D eigenvalue weighted by atomic mass is 10.5. The Hall–Kier alpha value is 1.57. The lowest BCUT2D eigenvalue weighted by Gasteiger charge is -2.17. The summed E-state index contributed by atoms with van der Waals surface area (Å²) in [6.45, 7) is 0. The molecule has 1 atom stereocenters. The van der Waals surface area contributed by atoms with Crippen LogP contribution in [0.3, 0.4) is 0 Å². The molecule has 0 aliphatic heterocycles. The first-order valence-electron chi connectivity index (χ1n) is 2.06. The molecule has 0 bridgehead atoms. The second kappa shape index (κ2) is 3.67. The molecule has 0 fully saturated rings. The number of alkyl halides is 4. The van der Waals surface area contributed by atoms with Gasteiger partial charge in [-0.05, 0) is 0 Å². The minimum absolute atomic E-state index is 0.169. The van der Waals surface area contributed by atoms with E-state index in [-0.39, 0.29) is 5.38 Å². The zero-order valence-electron chi connectivity index (χ0n) is 4.30. The van der Waals surface area contributed by atoms with Crippen LogP contribution in [0.4, 0.5) is 0 Å². The lowest BCUT2D eigenvalue weighted by molar-refractivity contribution is 1.00. The Kier molecular flexibility index (Phi) is 4.38. The van der Waals surface area contributed by atoms with E-state index in [0.29, 0.717) is 15.6 Å². The maximum absolute atomic E-state index is 5.67. The normalized spacial score (nSPS) is 16.5. The average Bonchev–Trinajstić information content (AvgIpc) is 1.62. The Morgan fingerprint density at radius 1 is 1.62 bits per heavy atom. The van der Waals surface area contributed by atoms with Crippen LogP contribution < -0.4 is 0 Å².